The van der Waals surface area contributed by atoms with Crippen molar-refractivity contribution in [2.45, 2.75) is 30.9 Å². The third-order valence-corrected chi connectivity index (χ3v) is 2.37. The van der Waals surface area contributed by atoms with Gasteiger partial charge in [-0.2, -0.15) is 0 Å². The van der Waals surface area contributed by atoms with Gasteiger partial charge in [0.2, 0.25) is 6.29 Å². The third-order valence-electron chi connectivity index (χ3n) is 1.48. The van der Waals surface area contributed by atoms with E-state index in [0.717, 1.165) is 12.8 Å². The first-order valence-corrected chi connectivity index (χ1v) is 4.54. The van der Waals surface area contributed by atoms with Crippen LogP contribution in [0.2, 0.25) is 0 Å². The van der Waals surface area contributed by atoms with Crippen molar-refractivity contribution in [1.29, 1.82) is 0 Å². The zero-order valence-corrected chi connectivity index (χ0v) is 7.96. The van der Waals surface area contributed by atoms with E-state index < -0.39 is 0 Å². The number of carbonyl (C=O) groups is 1. The van der Waals surface area contributed by atoms with Crippen molar-refractivity contribution < 1.29 is 14.3 Å². The van der Waals surface area contributed by atoms with Crippen LogP contribution in [0.5, 0.6) is 0 Å². The van der Waals surface area contributed by atoms with Crippen LogP contribution in [-0.4, -0.2) is 23.7 Å². The molecule has 1 aliphatic rings. The SMILES string of the molecule is CC(=O)O[C@@H]1OCCC[C@@H]1Br. The molecule has 1 saturated heterocycles. The van der Waals surface area contributed by atoms with E-state index in [2.05, 4.69) is 15.9 Å². The summed E-state index contributed by atoms with van der Waals surface area (Å²) in [4.78, 5) is 10.7. The molecule has 0 aromatic heterocycles. The van der Waals surface area contributed by atoms with E-state index in [4.69, 9.17) is 9.47 Å². The molecule has 3 nitrogen and oxygen atoms in total. The Hall–Kier alpha value is -0.0900. The van der Waals surface area contributed by atoms with Crippen molar-refractivity contribution in [2.75, 3.05) is 6.61 Å². The predicted octanol–water partition coefficient (Wildman–Crippen LogP) is 1.45. The summed E-state index contributed by atoms with van der Waals surface area (Å²) in [5, 5.41) is 0. The molecule has 1 rings (SSSR count). The average molecular weight is 223 g/mol. The van der Waals surface area contributed by atoms with E-state index in [9.17, 15) is 4.79 Å². The molecule has 1 heterocycles. The lowest BCUT2D eigenvalue weighted by molar-refractivity contribution is -0.181. The Kier molecular flexibility index (Phi) is 3.33. The van der Waals surface area contributed by atoms with Crippen LogP contribution < -0.4 is 0 Å². The molecule has 0 aromatic rings. The summed E-state index contributed by atoms with van der Waals surface area (Å²) in [6.07, 6.45) is 1.63. The first kappa shape index (κ1) is 9.00. The van der Waals surface area contributed by atoms with Gasteiger partial charge in [-0.25, -0.2) is 0 Å². The summed E-state index contributed by atoms with van der Waals surface area (Å²) < 4.78 is 10.1. The maximum absolute atomic E-state index is 10.5. The Labute approximate surface area is 74.2 Å². The summed E-state index contributed by atoms with van der Waals surface area (Å²) in [6, 6.07) is 0. The Balaban J connectivity index is 2.35. The van der Waals surface area contributed by atoms with E-state index in [1.165, 1.54) is 6.92 Å². The molecule has 0 spiro atoms. The minimum Gasteiger partial charge on any atom is -0.435 e. The lowest BCUT2D eigenvalue weighted by Crippen LogP contribution is -2.33. The lowest BCUT2D eigenvalue weighted by atomic mass is 10.2. The molecule has 1 aliphatic heterocycles. The fraction of sp³-hybridized carbons (Fsp3) is 0.857. The van der Waals surface area contributed by atoms with E-state index in [1.54, 1.807) is 0 Å². The summed E-state index contributed by atoms with van der Waals surface area (Å²) >= 11 is 3.38. The van der Waals surface area contributed by atoms with Crippen molar-refractivity contribution in [3.8, 4) is 0 Å². The first-order chi connectivity index (χ1) is 5.20. The third kappa shape index (κ3) is 2.79. The Morgan fingerprint density at radius 1 is 1.73 bits per heavy atom. The van der Waals surface area contributed by atoms with Gasteiger partial charge in [-0.1, -0.05) is 15.9 Å². The van der Waals surface area contributed by atoms with Gasteiger partial charge in [0.05, 0.1) is 11.4 Å². The number of carbonyl (C=O) groups excluding carboxylic acids is 1. The van der Waals surface area contributed by atoms with Crippen LogP contribution in [0.15, 0.2) is 0 Å². The largest absolute Gasteiger partial charge is 0.435 e. The Morgan fingerprint density at radius 2 is 2.45 bits per heavy atom. The van der Waals surface area contributed by atoms with Crippen molar-refractivity contribution in [3.63, 3.8) is 0 Å². The molecular formula is C7H11BrO3. The molecular weight excluding hydrogens is 212 g/mol. The van der Waals surface area contributed by atoms with Crippen LogP contribution in [0, 0.1) is 0 Å². The molecule has 64 valence electrons. The summed E-state index contributed by atoms with van der Waals surface area (Å²) in [5.74, 6) is -0.290. The van der Waals surface area contributed by atoms with Gasteiger partial charge in [0.1, 0.15) is 0 Å². The number of alkyl halides is 1. The molecule has 0 saturated carbocycles. The van der Waals surface area contributed by atoms with Crippen LogP contribution >= 0.6 is 15.9 Å². The number of esters is 1. The summed E-state index contributed by atoms with van der Waals surface area (Å²) in [7, 11) is 0. The van der Waals surface area contributed by atoms with Crippen LogP contribution in [0.4, 0.5) is 0 Å². The summed E-state index contributed by atoms with van der Waals surface area (Å²) in [6.45, 7) is 2.07. The molecule has 4 heteroatoms. The smallest absolute Gasteiger partial charge is 0.304 e. The highest BCUT2D eigenvalue weighted by molar-refractivity contribution is 9.09. The van der Waals surface area contributed by atoms with E-state index in [1.807, 2.05) is 0 Å². The molecule has 2 atom stereocenters. The molecule has 0 aromatic carbocycles. The monoisotopic (exact) mass is 222 g/mol. The minimum atomic E-state index is -0.388. The van der Waals surface area contributed by atoms with Gasteiger partial charge in [-0.15, -0.1) is 0 Å². The molecule has 0 N–H and O–H groups in total. The standard InChI is InChI=1S/C7H11BrO3/c1-5(9)11-7-6(8)3-2-4-10-7/h6-7H,2-4H2,1H3/t6-,7-/m0/s1. The van der Waals surface area contributed by atoms with Crippen molar-refractivity contribution in [2.24, 2.45) is 0 Å². The van der Waals surface area contributed by atoms with Crippen molar-refractivity contribution in [1.82, 2.24) is 0 Å². The van der Waals surface area contributed by atoms with Crippen molar-refractivity contribution in [3.05, 3.63) is 0 Å². The molecule has 0 radical (unpaired) electrons. The second kappa shape index (κ2) is 4.07. The zero-order valence-electron chi connectivity index (χ0n) is 6.38. The Bertz CT molecular complexity index is 149. The second-order valence-corrected chi connectivity index (χ2v) is 3.68. The van der Waals surface area contributed by atoms with E-state index in [-0.39, 0.29) is 17.1 Å². The Morgan fingerprint density at radius 3 is 3.00 bits per heavy atom. The normalized spacial score (nSPS) is 31.5. The molecule has 0 aliphatic carbocycles. The van der Waals surface area contributed by atoms with E-state index >= 15 is 0 Å². The predicted molar refractivity (Wildman–Crippen MR) is 43.5 cm³/mol. The van der Waals surface area contributed by atoms with Gasteiger partial charge in [0.15, 0.2) is 0 Å². The van der Waals surface area contributed by atoms with Crippen LogP contribution in [0.25, 0.3) is 0 Å². The molecule has 0 bridgehead atoms. The van der Waals surface area contributed by atoms with Gasteiger partial charge in [-0.05, 0) is 12.8 Å². The van der Waals surface area contributed by atoms with Gasteiger partial charge in [0.25, 0.3) is 0 Å². The number of halogens is 1. The highest BCUT2D eigenvalue weighted by Crippen LogP contribution is 2.21. The minimum absolute atomic E-state index is 0.153. The van der Waals surface area contributed by atoms with E-state index in [0.29, 0.717) is 6.61 Å². The molecule has 11 heavy (non-hydrogen) atoms. The first-order valence-electron chi connectivity index (χ1n) is 3.63. The van der Waals surface area contributed by atoms with Crippen molar-refractivity contribution >= 4 is 21.9 Å². The maximum Gasteiger partial charge on any atom is 0.304 e. The lowest BCUT2D eigenvalue weighted by Gasteiger charge is -2.26. The molecule has 0 unspecified atom stereocenters. The molecule has 1 fully saturated rings. The highest BCUT2D eigenvalue weighted by Gasteiger charge is 2.25. The highest BCUT2D eigenvalue weighted by atomic mass is 79.9. The van der Waals surface area contributed by atoms with Crippen LogP contribution in [0.3, 0.4) is 0 Å². The quantitative estimate of drug-likeness (QED) is 0.498. The second-order valence-electron chi connectivity index (χ2n) is 2.51. The van der Waals surface area contributed by atoms with Gasteiger partial charge < -0.3 is 9.47 Å². The van der Waals surface area contributed by atoms with Crippen LogP contribution in [-0.2, 0) is 14.3 Å². The number of hydrogen-bond donors (Lipinski definition) is 0. The topological polar surface area (TPSA) is 35.5 Å². The maximum atomic E-state index is 10.5. The fourth-order valence-electron chi connectivity index (χ4n) is 0.990. The summed E-state index contributed by atoms with van der Waals surface area (Å²) in [5.41, 5.74) is 0. The number of ether oxygens (including phenoxy) is 2. The fourth-order valence-corrected chi connectivity index (χ4v) is 1.57. The average Bonchev–Trinajstić information content (AvgIpc) is 1.93. The van der Waals surface area contributed by atoms with Gasteiger partial charge in [-0.3, -0.25) is 4.79 Å². The molecule has 0 amide bonds. The number of hydrogen-bond acceptors (Lipinski definition) is 3. The van der Waals surface area contributed by atoms with Gasteiger partial charge in [0, 0.05) is 6.92 Å². The number of rotatable bonds is 1. The van der Waals surface area contributed by atoms with Crippen LogP contribution in [0.1, 0.15) is 19.8 Å². The zero-order chi connectivity index (χ0) is 8.27. The van der Waals surface area contributed by atoms with Gasteiger partial charge >= 0.3 is 5.97 Å².